The van der Waals surface area contributed by atoms with Gasteiger partial charge in [-0.25, -0.2) is 4.79 Å². The molecule has 0 aliphatic heterocycles. The van der Waals surface area contributed by atoms with Crippen molar-refractivity contribution < 1.29 is 20.1 Å². The van der Waals surface area contributed by atoms with Crippen molar-refractivity contribution in [2.45, 2.75) is 12.0 Å². The number of benzene rings is 1. The maximum Gasteiger partial charge on any atom is 0.328 e. The number of hydrogen-bond acceptors (Lipinski definition) is 4. The molecule has 0 aliphatic carbocycles. The van der Waals surface area contributed by atoms with Crippen molar-refractivity contribution in [1.82, 2.24) is 0 Å². The predicted molar refractivity (Wildman–Crippen MR) is 58.2 cm³/mol. The average molecular weight is 223 g/mol. The molecule has 0 fully saturated rings. The molecule has 0 aromatic heterocycles. The summed E-state index contributed by atoms with van der Waals surface area (Å²) in [4.78, 5) is 10.9. The Hall–Kier alpha value is -2.01. The summed E-state index contributed by atoms with van der Waals surface area (Å²) in [6.45, 7) is 3.37. The number of nitrogens with two attached hydrogens (primary N) is 1. The average Bonchev–Trinajstić information content (AvgIpc) is 2.23. The third-order valence-corrected chi connectivity index (χ3v) is 2.30. The third kappa shape index (κ3) is 2.32. The van der Waals surface area contributed by atoms with Crippen molar-refractivity contribution in [2.24, 2.45) is 5.73 Å². The zero-order valence-corrected chi connectivity index (χ0v) is 8.55. The van der Waals surface area contributed by atoms with Crippen LogP contribution in [0.15, 0.2) is 30.9 Å². The Morgan fingerprint density at radius 2 is 2.06 bits per heavy atom. The summed E-state index contributed by atoms with van der Waals surface area (Å²) in [5.74, 6) is -1.77. The predicted octanol–water partition coefficient (Wildman–Crippen LogP) is 0.608. The molecule has 0 spiro atoms. The molecule has 5 heteroatoms. The number of carbonyl (C=O) groups is 1. The van der Waals surface area contributed by atoms with E-state index in [1.165, 1.54) is 18.2 Å². The highest BCUT2D eigenvalue weighted by molar-refractivity contribution is 5.81. The number of phenolic OH excluding ortho intramolecular Hbond substituents is 2. The molecule has 0 saturated carbocycles. The van der Waals surface area contributed by atoms with E-state index in [1.54, 1.807) is 0 Å². The van der Waals surface area contributed by atoms with E-state index >= 15 is 0 Å². The van der Waals surface area contributed by atoms with Crippen LogP contribution in [-0.4, -0.2) is 26.8 Å². The first-order valence-corrected chi connectivity index (χ1v) is 4.56. The maximum atomic E-state index is 10.9. The Kier molecular flexibility index (Phi) is 3.20. The molecule has 1 aromatic carbocycles. The van der Waals surface area contributed by atoms with E-state index in [4.69, 9.17) is 15.9 Å². The lowest BCUT2D eigenvalue weighted by atomic mass is 9.92. The molecule has 0 saturated heterocycles. The smallest absolute Gasteiger partial charge is 0.328 e. The normalized spacial score (nSPS) is 14.1. The van der Waals surface area contributed by atoms with Gasteiger partial charge in [-0.1, -0.05) is 12.1 Å². The summed E-state index contributed by atoms with van der Waals surface area (Å²) in [5, 5.41) is 27.2. The number of aliphatic carboxylic acids is 1. The SMILES string of the molecule is C=CC(N)(Cc1ccc(O)c(O)c1)C(=O)O. The van der Waals surface area contributed by atoms with Crippen LogP contribution in [0.3, 0.4) is 0 Å². The molecule has 0 amide bonds. The second kappa shape index (κ2) is 4.24. The van der Waals surface area contributed by atoms with Gasteiger partial charge in [0, 0.05) is 6.42 Å². The van der Waals surface area contributed by atoms with Crippen LogP contribution in [0.4, 0.5) is 0 Å². The van der Waals surface area contributed by atoms with Gasteiger partial charge in [-0.3, -0.25) is 0 Å². The summed E-state index contributed by atoms with van der Waals surface area (Å²) in [6.07, 6.45) is 1.12. The molecule has 86 valence electrons. The Morgan fingerprint density at radius 1 is 1.44 bits per heavy atom. The number of phenols is 2. The van der Waals surface area contributed by atoms with Gasteiger partial charge in [-0.15, -0.1) is 6.58 Å². The lowest BCUT2D eigenvalue weighted by molar-refractivity contribution is -0.141. The van der Waals surface area contributed by atoms with Crippen molar-refractivity contribution in [3.63, 3.8) is 0 Å². The highest BCUT2D eigenvalue weighted by atomic mass is 16.4. The van der Waals surface area contributed by atoms with Crippen molar-refractivity contribution in [1.29, 1.82) is 0 Å². The molecule has 16 heavy (non-hydrogen) atoms. The monoisotopic (exact) mass is 223 g/mol. The third-order valence-electron chi connectivity index (χ3n) is 2.30. The van der Waals surface area contributed by atoms with Crippen molar-refractivity contribution in [2.75, 3.05) is 0 Å². The van der Waals surface area contributed by atoms with Gasteiger partial charge in [0.25, 0.3) is 0 Å². The lowest BCUT2D eigenvalue weighted by Crippen LogP contribution is -2.47. The van der Waals surface area contributed by atoms with Crippen molar-refractivity contribution >= 4 is 5.97 Å². The quantitative estimate of drug-likeness (QED) is 0.442. The zero-order chi connectivity index (χ0) is 12.3. The summed E-state index contributed by atoms with van der Waals surface area (Å²) in [5.41, 5.74) is 4.52. The van der Waals surface area contributed by atoms with Crippen LogP contribution in [0, 0.1) is 0 Å². The van der Waals surface area contributed by atoms with E-state index in [0.29, 0.717) is 5.56 Å². The van der Waals surface area contributed by atoms with Gasteiger partial charge < -0.3 is 21.1 Å². The Bertz CT molecular complexity index is 430. The van der Waals surface area contributed by atoms with Crippen LogP contribution in [0.1, 0.15) is 5.56 Å². The highest BCUT2D eigenvalue weighted by Gasteiger charge is 2.30. The van der Waals surface area contributed by atoms with Crippen molar-refractivity contribution in [3.05, 3.63) is 36.4 Å². The van der Waals surface area contributed by atoms with E-state index in [1.807, 2.05) is 0 Å². The molecule has 0 bridgehead atoms. The second-order valence-electron chi connectivity index (χ2n) is 3.55. The molecule has 0 aliphatic rings. The van der Waals surface area contributed by atoms with Gasteiger partial charge in [0.05, 0.1) is 0 Å². The van der Waals surface area contributed by atoms with Crippen LogP contribution < -0.4 is 5.73 Å². The van der Waals surface area contributed by atoms with Gasteiger partial charge in [-0.05, 0) is 17.7 Å². The van der Waals surface area contributed by atoms with Crippen LogP contribution >= 0.6 is 0 Å². The molecule has 5 nitrogen and oxygen atoms in total. The fourth-order valence-corrected chi connectivity index (χ4v) is 1.25. The maximum absolute atomic E-state index is 10.9. The van der Waals surface area contributed by atoms with E-state index in [0.717, 1.165) is 6.08 Å². The van der Waals surface area contributed by atoms with Gasteiger partial charge in [0.1, 0.15) is 5.54 Å². The molecule has 1 rings (SSSR count). The molecule has 5 N–H and O–H groups in total. The minimum Gasteiger partial charge on any atom is -0.504 e. The topological polar surface area (TPSA) is 104 Å². The first-order chi connectivity index (χ1) is 7.39. The Morgan fingerprint density at radius 3 is 2.50 bits per heavy atom. The van der Waals surface area contributed by atoms with Crippen molar-refractivity contribution in [3.8, 4) is 11.5 Å². The molecule has 1 atom stereocenters. The first kappa shape index (κ1) is 12.1. The standard InChI is InChI=1S/C11H13NO4/c1-2-11(12,10(15)16)6-7-3-4-8(13)9(14)5-7/h2-5,13-14H,1,6,12H2,(H,15,16). The summed E-state index contributed by atoms with van der Waals surface area (Å²) < 4.78 is 0. The minimum atomic E-state index is -1.58. The number of hydrogen-bond donors (Lipinski definition) is 4. The molecular formula is C11H13NO4. The van der Waals surface area contributed by atoms with E-state index in [9.17, 15) is 9.90 Å². The van der Waals surface area contributed by atoms with Gasteiger partial charge in [0.15, 0.2) is 11.5 Å². The molecule has 1 unspecified atom stereocenters. The van der Waals surface area contributed by atoms with E-state index in [2.05, 4.69) is 6.58 Å². The van der Waals surface area contributed by atoms with E-state index < -0.39 is 11.5 Å². The number of rotatable bonds is 4. The number of carboxylic acid groups (broad SMARTS) is 1. The van der Waals surface area contributed by atoms with Gasteiger partial charge in [-0.2, -0.15) is 0 Å². The number of carboxylic acids is 1. The first-order valence-electron chi connectivity index (χ1n) is 4.56. The molecule has 0 heterocycles. The molecule has 1 aromatic rings. The highest BCUT2D eigenvalue weighted by Crippen LogP contribution is 2.26. The fraction of sp³-hybridized carbons (Fsp3) is 0.182. The molecular weight excluding hydrogens is 210 g/mol. The van der Waals surface area contributed by atoms with Crippen LogP contribution in [0.2, 0.25) is 0 Å². The van der Waals surface area contributed by atoms with E-state index in [-0.39, 0.29) is 17.9 Å². The largest absolute Gasteiger partial charge is 0.504 e. The molecule has 0 radical (unpaired) electrons. The summed E-state index contributed by atoms with van der Waals surface area (Å²) in [6, 6.07) is 4.03. The Balaban J connectivity index is 2.99. The van der Waals surface area contributed by atoms with Gasteiger partial charge in [0.2, 0.25) is 0 Å². The minimum absolute atomic E-state index is 0.0142. The van der Waals surface area contributed by atoms with Crippen LogP contribution in [0.25, 0.3) is 0 Å². The van der Waals surface area contributed by atoms with Crippen LogP contribution in [-0.2, 0) is 11.2 Å². The van der Waals surface area contributed by atoms with Gasteiger partial charge >= 0.3 is 5.97 Å². The second-order valence-corrected chi connectivity index (χ2v) is 3.55. The summed E-state index contributed by atoms with van der Waals surface area (Å²) >= 11 is 0. The summed E-state index contributed by atoms with van der Waals surface area (Å²) in [7, 11) is 0. The Labute approximate surface area is 92.5 Å². The lowest BCUT2D eigenvalue weighted by Gasteiger charge is -2.20. The zero-order valence-electron chi connectivity index (χ0n) is 8.55. The van der Waals surface area contributed by atoms with Crippen LogP contribution in [0.5, 0.6) is 11.5 Å². The fourth-order valence-electron chi connectivity index (χ4n) is 1.25. The number of aromatic hydroxyl groups is 2.